The van der Waals surface area contributed by atoms with Crippen molar-refractivity contribution in [2.75, 3.05) is 6.61 Å². The maximum Gasteiger partial charge on any atom is 0.330 e. The second-order valence-electron chi connectivity index (χ2n) is 6.00. The largest absolute Gasteiger partial charge is 0.394 e. The van der Waals surface area contributed by atoms with Gasteiger partial charge in [0.25, 0.3) is 11.2 Å². The number of aromatic amines is 1. The number of rotatable bonds is 6. The number of hydrogen-bond acceptors (Lipinski definition) is 8. The van der Waals surface area contributed by atoms with Crippen LogP contribution in [0.5, 0.6) is 0 Å². The monoisotopic (exact) mass is 411 g/mol. The third-order valence-electron chi connectivity index (χ3n) is 4.13. The number of aliphatic hydroxyl groups is 1. The normalized spacial score (nSPS) is 22.1. The van der Waals surface area contributed by atoms with E-state index in [0.29, 0.717) is 12.0 Å². The Morgan fingerprint density at radius 3 is 2.70 bits per heavy atom. The van der Waals surface area contributed by atoms with Crippen molar-refractivity contribution in [2.24, 2.45) is 0 Å². The minimum absolute atomic E-state index is 0.0228. The number of ether oxygens (including phenoxy) is 1. The Balaban J connectivity index is 1.69. The molecule has 1 aliphatic heterocycles. The van der Waals surface area contributed by atoms with E-state index in [-0.39, 0.29) is 17.5 Å². The molecule has 3 atom stereocenters. The lowest BCUT2D eigenvalue weighted by Gasteiger charge is -2.15. The van der Waals surface area contributed by atoms with E-state index < -0.39 is 28.5 Å². The van der Waals surface area contributed by atoms with Gasteiger partial charge in [-0.1, -0.05) is 21.6 Å². The maximum atomic E-state index is 12.0. The van der Waals surface area contributed by atoms with Crippen LogP contribution in [0.2, 0.25) is 0 Å². The Bertz CT molecular complexity index is 942. The Labute approximate surface area is 161 Å². The summed E-state index contributed by atoms with van der Waals surface area (Å²) in [7, 11) is 2.89. The van der Waals surface area contributed by atoms with Crippen LogP contribution in [0, 0.1) is 17.0 Å². The number of aliphatic hydroxyl groups excluding tert-OH is 1. The van der Waals surface area contributed by atoms with Crippen molar-refractivity contribution in [1.29, 1.82) is 0 Å². The van der Waals surface area contributed by atoms with Crippen molar-refractivity contribution in [1.82, 2.24) is 9.55 Å². The Kier molecular flexibility index (Phi) is 6.05. The van der Waals surface area contributed by atoms with E-state index in [4.69, 9.17) is 4.74 Å². The number of aromatic nitrogens is 2. The quantitative estimate of drug-likeness (QED) is 0.419. The first kappa shape index (κ1) is 19.7. The fraction of sp³-hybridized carbons (Fsp3) is 0.375. The number of non-ortho nitro benzene ring substituents is 1. The second-order valence-corrected chi connectivity index (χ2v) is 8.51. The van der Waals surface area contributed by atoms with Crippen LogP contribution >= 0.6 is 21.6 Å². The standard InChI is InChI=1S/C16H17N3O6S2/c1-9-7-18(16(22)17-15(9)21)14-6-13(12(8-20)25-14)27-26-11-4-2-10(3-5-11)19(23)24/h2-5,7,12-14,20H,6,8H2,1H3,(H,17,21,22)/t12-,13-,14-/m1/s1. The van der Waals surface area contributed by atoms with Crippen LogP contribution < -0.4 is 11.2 Å². The van der Waals surface area contributed by atoms with Gasteiger partial charge in [-0.3, -0.25) is 24.5 Å². The van der Waals surface area contributed by atoms with E-state index in [9.17, 15) is 24.8 Å². The molecule has 2 heterocycles. The third-order valence-corrected chi connectivity index (χ3v) is 7.04. The van der Waals surface area contributed by atoms with Crippen LogP contribution in [0.3, 0.4) is 0 Å². The SMILES string of the molecule is Cc1cn([C@H]2C[C@@H](SSc3ccc([N+](=O)[O-])cc3)[C@@H](CO)O2)c(=O)[nH]c1=O. The summed E-state index contributed by atoms with van der Waals surface area (Å²) in [6.07, 6.45) is 0.878. The molecule has 27 heavy (non-hydrogen) atoms. The first-order chi connectivity index (χ1) is 12.9. The number of hydrogen-bond donors (Lipinski definition) is 2. The minimum Gasteiger partial charge on any atom is -0.394 e. The molecule has 1 aliphatic rings. The number of aryl methyl sites for hydroxylation is 1. The van der Waals surface area contributed by atoms with Crippen molar-refractivity contribution in [3.63, 3.8) is 0 Å². The molecule has 3 rings (SSSR count). The van der Waals surface area contributed by atoms with Gasteiger partial charge in [-0.15, -0.1) is 0 Å². The summed E-state index contributed by atoms with van der Waals surface area (Å²) in [5.74, 6) is 0. The smallest absolute Gasteiger partial charge is 0.330 e. The number of nitrogens with one attached hydrogen (secondary N) is 1. The fourth-order valence-corrected chi connectivity index (χ4v) is 5.32. The molecule has 1 aromatic carbocycles. The molecule has 0 bridgehead atoms. The van der Waals surface area contributed by atoms with Crippen molar-refractivity contribution in [3.8, 4) is 0 Å². The second kappa shape index (κ2) is 8.30. The van der Waals surface area contributed by atoms with Gasteiger partial charge in [0.15, 0.2) is 0 Å². The number of nitro groups is 1. The molecule has 0 spiro atoms. The van der Waals surface area contributed by atoms with Crippen molar-refractivity contribution >= 4 is 27.3 Å². The molecule has 1 saturated heterocycles. The van der Waals surface area contributed by atoms with Gasteiger partial charge in [0.2, 0.25) is 0 Å². The van der Waals surface area contributed by atoms with E-state index in [2.05, 4.69) is 4.98 Å². The highest BCUT2D eigenvalue weighted by molar-refractivity contribution is 8.77. The van der Waals surface area contributed by atoms with Crippen LogP contribution in [0.25, 0.3) is 0 Å². The van der Waals surface area contributed by atoms with Crippen molar-refractivity contribution < 1.29 is 14.8 Å². The molecule has 0 amide bonds. The molecular weight excluding hydrogens is 394 g/mol. The highest BCUT2D eigenvalue weighted by Gasteiger charge is 2.37. The molecule has 0 radical (unpaired) electrons. The summed E-state index contributed by atoms with van der Waals surface area (Å²) in [5, 5.41) is 20.2. The van der Waals surface area contributed by atoms with Crippen LogP contribution in [0.4, 0.5) is 5.69 Å². The van der Waals surface area contributed by atoms with Crippen LogP contribution in [-0.2, 0) is 4.74 Å². The van der Waals surface area contributed by atoms with E-state index in [1.807, 2.05) is 0 Å². The van der Waals surface area contributed by atoms with Gasteiger partial charge >= 0.3 is 5.69 Å². The van der Waals surface area contributed by atoms with Gasteiger partial charge in [0.05, 0.1) is 17.6 Å². The molecule has 11 heteroatoms. The van der Waals surface area contributed by atoms with E-state index in [1.165, 1.54) is 44.5 Å². The molecule has 1 aromatic heterocycles. The number of benzene rings is 1. The molecular formula is C16H17N3O6S2. The molecule has 0 unspecified atom stereocenters. The lowest BCUT2D eigenvalue weighted by molar-refractivity contribution is -0.384. The average Bonchev–Trinajstić information content (AvgIpc) is 3.06. The van der Waals surface area contributed by atoms with Gasteiger partial charge in [-0.2, -0.15) is 0 Å². The fourth-order valence-electron chi connectivity index (χ4n) is 2.68. The van der Waals surface area contributed by atoms with Gasteiger partial charge < -0.3 is 9.84 Å². The minimum atomic E-state index is -0.583. The first-order valence-electron chi connectivity index (χ1n) is 8.05. The predicted octanol–water partition coefficient (Wildman–Crippen LogP) is 1.84. The zero-order valence-electron chi connectivity index (χ0n) is 14.2. The summed E-state index contributed by atoms with van der Waals surface area (Å²) < 4.78 is 7.12. The Hall–Kier alpha value is -2.08. The summed E-state index contributed by atoms with van der Waals surface area (Å²) in [4.78, 5) is 36.9. The molecule has 9 nitrogen and oxygen atoms in total. The first-order valence-corrected chi connectivity index (χ1v) is 10.3. The van der Waals surface area contributed by atoms with Crippen LogP contribution in [-0.4, -0.2) is 37.5 Å². The summed E-state index contributed by atoms with van der Waals surface area (Å²) in [6.45, 7) is 1.40. The number of H-pyrrole nitrogens is 1. The highest BCUT2D eigenvalue weighted by Crippen LogP contribution is 2.44. The molecule has 0 saturated carbocycles. The Morgan fingerprint density at radius 1 is 1.37 bits per heavy atom. The summed E-state index contributed by atoms with van der Waals surface area (Å²) >= 11 is 0. The molecule has 0 aliphatic carbocycles. The lowest BCUT2D eigenvalue weighted by Crippen LogP contribution is -2.33. The highest BCUT2D eigenvalue weighted by atomic mass is 33.1. The van der Waals surface area contributed by atoms with E-state index >= 15 is 0 Å². The topological polar surface area (TPSA) is 127 Å². The predicted molar refractivity (Wildman–Crippen MR) is 102 cm³/mol. The third kappa shape index (κ3) is 4.43. The molecule has 2 aromatic rings. The van der Waals surface area contributed by atoms with Crippen LogP contribution in [0.1, 0.15) is 18.2 Å². The van der Waals surface area contributed by atoms with E-state index in [1.54, 1.807) is 19.1 Å². The van der Waals surface area contributed by atoms with Crippen molar-refractivity contribution in [3.05, 3.63) is 67.0 Å². The van der Waals surface area contributed by atoms with E-state index in [0.717, 1.165) is 4.90 Å². The number of nitrogens with zero attached hydrogens (tertiary/aromatic N) is 2. The molecule has 2 N–H and O–H groups in total. The molecule has 144 valence electrons. The number of nitro benzene ring substituents is 1. The zero-order chi connectivity index (χ0) is 19.6. The Morgan fingerprint density at radius 2 is 2.07 bits per heavy atom. The van der Waals surface area contributed by atoms with Gasteiger partial charge in [0, 0.05) is 40.5 Å². The zero-order valence-corrected chi connectivity index (χ0v) is 15.9. The lowest BCUT2D eigenvalue weighted by atomic mass is 10.2. The summed E-state index contributed by atoms with van der Waals surface area (Å²) in [6, 6.07) is 6.19. The average molecular weight is 411 g/mol. The molecule has 1 fully saturated rings. The van der Waals surface area contributed by atoms with Gasteiger partial charge in [0.1, 0.15) is 6.23 Å². The maximum absolute atomic E-state index is 12.0. The van der Waals surface area contributed by atoms with Crippen molar-refractivity contribution in [2.45, 2.75) is 35.8 Å². The van der Waals surface area contributed by atoms with Gasteiger partial charge in [-0.25, -0.2) is 4.79 Å². The van der Waals surface area contributed by atoms with Crippen LogP contribution in [0.15, 0.2) is 44.9 Å². The van der Waals surface area contributed by atoms with Gasteiger partial charge in [-0.05, 0) is 19.1 Å². The summed E-state index contributed by atoms with van der Waals surface area (Å²) in [5.41, 5.74) is -0.571.